The molecule has 1 aromatic carbocycles. The highest BCUT2D eigenvalue weighted by Gasteiger charge is 2.12. The van der Waals surface area contributed by atoms with Crippen LogP contribution in [-0.4, -0.2) is 35.5 Å². The largest absolute Gasteiger partial charge is 0.372 e. The van der Waals surface area contributed by atoms with Crippen molar-refractivity contribution < 1.29 is 4.79 Å². The van der Waals surface area contributed by atoms with E-state index < -0.39 is 0 Å². The molecule has 2 heterocycles. The van der Waals surface area contributed by atoms with Crippen molar-refractivity contribution in [3.8, 4) is 0 Å². The Morgan fingerprint density at radius 1 is 1.00 bits per heavy atom. The summed E-state index contributed by atoms with van der Waals surface area (Å²) in [6.07, 6.45) is 13.8. The minimum Gasteiger partial charge on any atom is -0.372 e. The normalized spacial score (nSPS) is 16.4. The topological polar surface area (TPSA) is 70.2 Å². The third kappa shape index (κ3) is 5.34. The quantitative estimate of drug-likeness (QED) is 0.683. The average Bonchev–Trinajstić information content (AvgIpc) is 3.30. The second-order valence-electron chi connectivity index (χ2n) is 7.78. The molecular weight excluding hydrogens is 362 g/mol. The van der Waals surface area contributed by atoms with E-state index in [0.29, 0.717) is 18.1 Å². The minimum atomic E-state index is -0.122. The van der Waals surface area contributed by atoms with Crippen LogP contribution in [0.25, 0.3) is 0 Å². The molecule has 1 aliphatic carbocycles. The third-order valence-electron chi connectivity index (χ3n) is 5.63. The van der Waals surface area contributed by atoms with E-state index in [4.69, 9.17) is 0 Å². The standard InChI is InChI=1S/C23H29N5O/c29-22(24-13-12-18-6-2-1-3-7-18)19-16-25-23(26-17-19)27-20-8-10-21(11-9-20)28-14-4-5-15-28/h6,8-11,16-17H,1-5,7,12-15H2,(H,24,29)(H,25,26,27). The van der Waals surface area contributed by atoms with Gasteiger partial charge in [-0.05, 0) is 69.2 Å². The molecule has 2 N–H and O–H groups in total. The molecule has 1 aromatic heterocycles. The van der Waals surface area contributed by atoms with Gasteiger partial charge in [-0.2, -0.15) is 0 Å². The molecule has 2 aliphatic rings. The summed E-state index contributed by atoms with van der Waals surface area (Å²) in [6.45, 7) is 2.93. The highest BCUT2D eigenvalue weighted by molar-refractivity contribution is 5.93. The zero-order chi connectivity index (χ0) is 19.9. The molecule has 6 heteroatoms. The molecule has 2 aromatic rings. The molecule has 6 nitrogen and oxygen atoms in total. The Hall–Kier alpha value is -2.89. The van der Waals surface area contributed by atoms with Crippen molar-refractivity contribution in [1.82, 2.24) is 15.3 Å². The Morgan fingerprint density at radius 2 is 1.76 bits per heavy atom. The van der Waals surface area contributed by atoms with E-state index in [1.54, 1.807) is 12.4 Å². The van der Waals surface area contributed by atoms with E-state index in [-0.39, 0.29) is 5.91 Å². The lowest BCUT2D eigenvalue weighted by Crippen LogP contribution is -2.25. The second kappa shape index (κ2) is 9.54. The SMILES string of the molecule is O=C(NCCC1=CCCCC1)c1cnc(Nc2ccc(N3CCCC3)cc2)nc1. The number of carbonyl (C=O) groups is 1. The number of amides is 1. The van der Waals surface area contributed by atoms with E-state index in [0.717, 1.165) is 25.2 Å². The number of benzene rings is 1. The van der Waals surface area contributed by atoms with Gasteiger partial charge in [0.1, 0.15) is 0 Å². The number of hydrogen-bond donors (Lipinski definition) is 2. The molecule has 1 aliphatic heterocycles. The summed E-state index contributed by atoms with van der Waals surface area (Å²) < 4.78 is 0. The second-order valence-corrected chi connectivity index (χ2v) is 7.78. The number of hydrogen-bond acceptors (Lipinski definition) is 5. The first kappa shape index (κ1) is 19.4. The van der Waals surface area contributed by atoms with Gasteiger partial charge in [-0.3, -0.25) is 4.79 Å². The average molecular weight is 392 g/mol. The van der Waals surface area contributed by atoms with Crippen LogP contribution in [0.3, 0.4) is 0 Å². The zero-order valence-electron chi connectivity index (χ0n) is 16.9. The van der Waals surface area contributed by atoms with Crippen LogP contribution >= 0.6 is 0 Å². The predicted molar refractivity (Wildman–Crippen MR) is 117 cm³/mol. The zero-order valence-corrected chi connectivity index (χ0v) is 16.9. The Morgan fingerprint density at radius 3 is 2.45 bits per heavy atom. The van der Waals surface area contributed by atoms with Crippen molar-refractivity contribution in [2.24, 2.45) is 0 Å². The van der Waals surface area contributed by atoms with Gasteiger partial charge in [-0.1, -0.05) is 11.6 Å². The van der Waals surface area contributed by atoms with Gasteiger partial charge in [0.15, 0.2) is 0 Å². The van der Waals surface area contributed by atoms with E-state index in [1.807, 2.05) is 12.1 Å². The van der Waals surface area contributed by atoms with Crippen LogP contribution in [0.2, 0.25) is 0 Å². The fraction of sp³-hybridized carbons (Fsp3) is 0.435. The molecule has 29 heavy (non-hydrogen) atoms. The fourth-order valence-corrected chi connectivity index (χ4v) is 3.94. The van der Waals surface area contributed by atoms with Gasteiger partial charge >= 0.3 is 0 Å². The molecule has 0 radical (unpaired) electrons. The summed E-state index contributed by atoms with van der Waals surface area (Å²) in [5, 5.41) is 6.16. The van der Waals surface area contributed by atoms with Crippen molar-refractivity contribution in [2.45, 2.75) is 44.9 Å². The molecule has 1 saturated heterocycles. The summed E-state index contributed by atoms with van der Waals surface area (Å²) in [4.78, 5) is 23.3. The van der Waals surface area contributed by atoms with E-state index in [2.05, 4.69) is 43.7 Å². The smallest absolute Gasteiger partial charge is 0.254 e. The predicted octanol–water partition coefficient (Wildman–Crippen LogP) is 4.44. The van der Waals surface area contributed by atoms with E-state index in [9.17, 15) is 4.79 Å². The molecule has 1 fully saturated rings. The lowest BCUT2D eigenvalue weighted by molar-refractivity contribution is 0.0953. The molecule has 0 saturated carbocycles. The number of allylic oxidation sites excluding steroid dienone is 1. The van der Waals surface area contributed by atoms with Gasteiger partial charge in [0, 0.05) is 43.4 Å². The first-order valence-electron chi connectivity index (χ1n) is 10.7. The summed E-state index contributed by atoms with van der Waals surface area (Å²) in [5.74, 6) is 0.366. The minimum absolute atomic E-state index is 0.122. The van der Waals surface area contributed by atoms with Gasteiger partial charge in [0.05, 0.1) is 5.56 Å². The highest BCUT2D eigenvalue weighted by atomic mass is 16.1. The first-order chi connectivity index (χ1) is 14.3. The molecule has 152 valence electrons. The number of anilines is 3. The maximum absolute atomic E-state index is 12.3. The van der Waals surface area contributed by atoms with Crippen molar-refractivity contribution in [2.75, 3.05) is 29.9 Å². The van der Waals surface area contributed by atoms with Crippen LogP contribution in [0.4, 0.5) is 17.3 Å². The van der Waals surface area contributed by atoms with E-state index in [1.165, 1.54) is 49.8 Å². The Kier molecular flexibility index (Phi) is 6.39. The molecular formula is C23H29N5O. The number of aromatic nitrogens is 2. The van der Waals surface area contributed by atoms with Gasteiger partial charge in [-0.25, -0.2) is 9.97 Å². The number of carbonyl (C=O) groups excluding carboxylic acids is 1. The van der Waals surface area contributed by atoms with Gasteiger partial charge < -0.3 is 15.5 Å². The van der Waals surface area contributed by atoms with Crippen molar-refractivity contribution in [3.63, 3.8) is 0 Å². The van der Waals surface area contributed by atoms with Crippen LogP contribution < -0.4 is 15.5 Å². The lowest BCUT2D eigenvalue weighted by Gasteiger charge is -2.17. The van der Waals surface area contributed by atoms with Crippen molar-refractivity contribution in [3.05, 3.63) is 53.9 Å². The fourth-order valence-electron chi connectivity index (χ4n) is 3.94. The van der Waals surface area contributed by atoms with E-state index >= 15 is 0 Å². The monoisotopic (exact) mass is 391 g/mol. The summed E-state index contributed by atoms with van der Waals surface area (Å²) in [5.41, 5.74) is 4.14. The van der Waals surface area contributed by atoms with Crippen LogP contribution in [0.15, 0.2) is 48.3 Å². The molecule has 0 unspecified atom stereocenters. The number of rotatable bonds is 7. The summed E-state index contributed by atoms with van der Waals surface area (Å²) in [7, 11) is 0. The Labute approximate surface area is 172 Å². The summed E-state index contributed by atoms with van der Waals surface area (Å²) in [6, 6.07) is 8.32. The Bertz CT molecular complexity index is 839. The summed E-state index contributed by atoms with van der Waals surface area (Å²) >= 11 is 0. The molecule has 0 atom stereocenters. The molecule has 4 rings (SSSR count). The molecule has 1 amide bonds. The molecule has 0 spiro atoms. The third-order valence-corrected chi connectivity index (χ3v) is 5.63. The van der Waals surface area contributed by atoms with Crippen LogP contribution in [0.5, 0.6) is 0 Å². The van der Waals surface area contributed by atoms with Crippen LogP contribution in [0.1, 0.15) is 55.3 Å². The number of nitrogens with one attached hydrogen (secondary N) is 2. The van der Waals surface area contributed by atoms with Gasteiger partial charge in [-0.15, -0.1) is 0 Å². The van der Waals surface area contributed by atoms with Crippen LogP contribution in [0, 0.1) is 0 Å². The van der Waals surface area contributed by atoms with Gasteiger partial charge in [0.25, 0.3) is 5.91 Å². The van der Waals surface area contributed by atoms with Crippen LogP contribution in [-0.2, 0) is 0 Å². The maximum Gasteiger partial charge on any atom is 0.254 e. The van der Waals surface area contributed by atoms with Crippen molar-refractivity contribution in [1.29, 1.82) is 0 Å². The van der Waals surface area contributed by atoms with Gasteiger partial charge in [0.2, 0.25) is 5.95 Å². The Balaban J connectivity index is 1.27. The highest BCUT2D eigenvalue weighted by Crippen LogP contribution is 2.23. The maximum atomic E-state index is 12.3. The van der Waals surface area contributed by atoms with Crippen molar-refractivity contribution >= 4 is 23.2 Å². The lowest BCUT2D eigenvalue weighted by atomic mass is 9.97. The first-order valence-corrected chi connectivity index (χ1v) is 10.7. The molecule has 0 bridgehead atoms. The number of nitrogens with zero attached hydrogens (tertiary/aromatic N) is 3.